The summed E-state index contributed by atoms with van der Waals surface area (Å²) in [6, 6.07) is 9.53. The summed E-state index contributed by atoms with van der Waals surface area (Å²) in [5.74, 6) is 0.303. The van der Waals surface area contributed by atoms with Crippen molar-refractivity contribution < 1.29 is 9.28 Å². The van der Waals surface area contributed by atoms with Gasteiger partial charge in [-0.2, -0.15) is 17.7 Å². The summed E-state index contributed by atoms with van der Waals surface area (Å²) in [5, 5.41) is 17.1. The van der Waals surface area contributed by atoms with Crippen LogP contribution in [0.4, 0.5) is 15.3 Å². The molecule has 6 rings (SSSR count). The standard InChI is InChI=1S/C14H21FN4S.C14H12N4O.CH4S/c15-17-13(11-18-6-1-2-7-18)12-3-8-19(9-4-12)14-16-5-10-20-14;1-9-6-10(4-5-15-9)14-12-7-11(16-8-19)2-3-13(12)17-18-14;1-2/h5,10,12H,1-4,6-9,11H2;2-8H,1H3,(H,16,19)(H,17,18);2H,1H3/b17-13-;;. The molecule has 0 bridgehead atoms. The SMILES string of the molecule is CS.Cc1cc(-c2n[nH]c3ccc(NC=O)cc23)ccn1.F/N=C(/CN1CCCC1)C1CCN(c2nccs2)CC1. The Kier molecular flexibility index (Phi) is 11.6. The second-order valence-corrected chi connectivity index (χ2v) is 10.8. The van der Waals surface area contributed by atoms with E-state index in [1.807, 2.05) is 48.8 Å². The van der Waals surface area contributed by atoms with Crippen molar-refractivity contribution in [3.8, 4) is 11.3 Å². The van der Waals surface area contributed by atoms with Gasteiger partial charge in [-0.15, -0.1) is 11.3 Å². The number of fused-ring (bicyclic) bond motifs is 1. The van der Waals surface area contributed by atoms with E-state index in [4.69, 9.17) is 0 Å². The topological polar surface area (TPSA) is 102 Å². The highest BCUT2D eigenvalue weighted by Crippen LogP contribution is 2.29. The van der Waals surface area contributed by atoms with Gasteiger partial charge in [0.2, 0.25) is 6.41 Å². The van der Waals surface area contributed by atoms with E-state index in [2.05, 4.69) is 53.1 Å². The van der Waals surface area contributed by atoms with Crippen LogP contribution in [-0.2, 0) is 4.79 Å². The number of anilines is 2. The van der Waals surface area contributed by atoms with Crippen LogP contribution < -0.4 is 10.2 Å². The number of aromatic amines is 1. The maximum atomic E-state index is 13.0. The van der Waals surface area contributed by atoms with Crippen LogP contribution in [-0.4, -0.2) is 76.2 Å². The maximum absolute atomic E-state index is 13.0. The molecule has 2 fully saturated rings. The number of H-pyrrole nitrogens is 1. The number of thiazole rings is 1. The third-order valence-corrected chi connectivity index (χ3v) is 8.14. The fraction of sp³-hybridized carbons (Fsp3) is 0.414. The van der Waals surface area contributed by atoms with Crippen molar-refractivity contribution in [1.29, 1.82) is 0 Å². The summed E-state index contributed by atoms with van der Waals surface area (Å²) in [6.07, 6.45) is 10.4. The highest BCUT2D eigenvalue weighted by atomic mass is 32.1. The number of hydrogen-bond acceptors (Lipinski definition) is 9. The van der Waals surface area contributed by atoms with E-state index in [0.717, 1.165) is 90.0 Å². The van der Waals surface area contributed by atoms with Crippen LogP contribution in [0.25, 0.3) is 22.2 Å². The molecule has 218 valence electrons. The van der Waals surface area contributed by atoms with Crippen molar-refractivity contribution in [3.63, 3.8) is 0 Å². The lowest BCUT2D eigenvalue weighted by Gasteiger charge is -2.32. The van der Waals surface area contributed by atoms with E-state index in [1.165, 1.54) is 12.8 Å². The number of thiol groups is 1. The molecule has 9 nitrogen and oxygen atoms in total. The van der Waals surface area contributed by atoms with Crippen molar-refractivity contribution in [2.75, 3.05) is 49.2 Å². The van der Waals surface area contributed by atoms with Crippen LogP contribution in [0.5, 0.6) is 0 Å². The Bertz CT molecular complexity index is 1400. The molecule has 0 spiro atoms. The number of nitrogens with zero attached hydrogens (tertiary/aromatic N) is 6. The molecule has 1 aromatic carbocycles. The van der Waals surface area contributed by atoms with Gasteiger partial charge in [0.05, 0.1) is 11.2 Å². The molecule has 12 heteroatoms. The lowest BCUT2D eigenvalue weighted by Crippen LogP contribution is -2.39. The van der Waals surface area contributed by atoms with Crippen LogP contribution in [0.1, 0.15) is 31.4 Å². The van der Waals surface area contributed by atoms with Gasteiger partial charge in [-0.05, 0) is 82.3 Å². The maximum Gasteiger partial charge on any atom is 0.211 e. The first-order chi connectivity index (χ1) is 20.1. The Morgan fingerprint density at radius 1 is 1.15 bits per heavy atom. The predicted octanol–water partition coefficient (Wildman–Crippen LogP) is 5.83. The van der Waals surface area contributed by atoms with Crippen molar-refractivity contribution >= 4 is 57.8 Å². The monoisotopic (exact) mass is 596 g/mol. The number of nitrogens with one attached hydrogen (secondary N) is 2. The number of benzene rings is 1. The Balaban J connectivity index is 0.000000178. The average Bonchev–Trinajstić information content (AvgIpc) is 3.80. The number of aromatic nitrogens is 4. The van der Waals surface area contributed by atoms with Gasteiger partial charge < -0.3 is 10.2 Å². The summed E-state index contributed by atoms with van der Waals surface area (Å²) >= 11 is 5.20. The minimum absolute atomic E-state index is 0.303. The number of amides is 1. The van der Waals surface area contributed by atoms with Crippen molar-refractivity contribution in [2.24, 2.45) is 11.1 Å². The summed E-state index contributed by atoms with van der Waals surface area (Å²) in [6.45, 7) is 6.76. The average molecular weight is 597 g/mol. The van der Waals surface area contributed by atoms with Gasteiger partial charge in [-0.3, -0.25) is 19.8 Å². The first-order valence-electron chi connectivity index (χ1n) is 13.7. The molecule has 2 aliphatic heterocycles. The van der Waals surface area contributed by atoms with Gasteiger partial charge in [0.25, 0.3) is 0 Å². The largest absolute Gasteiger partial charge is 0.348 e. The van der Waals surface area contributed by atoms with E-state index in [-0.39, 0.29) is 0 Å². The summed E-state index contributed by atoms with van der Waals surface area (Å²) in [7, 11) is 0. The lowest BCUT2D eigenvalue weighted by atomic mass is 9.92. The number of piperidine rings is 1. The Hall–Kier alpha value is -3.35. The number of pyridine rings is 1. The van der Waals surface area contributed by atoms with Crippen LogP contribution in [0.2, 0.25) is 0 Å². The normalized spacial score (nSPS) is 16.1. The van der Waals surface area contributed by atoms with Crippen molar-refractivity contribution in [1.82, 2.24) is 25.1 Å². The molecular weight excluding hydrogens is 560 g/mol. The molecule has 0 aliphatic carbocycles. The number of carbonyl (C=O) groups excluding carboxylic acids is 1. The molecule has 2 aliphatic rings. The van der Waals surface area contributed by atoms with Crippen LogP contribution >= 0.6 is 24.0 Å². The minimum Gasteiger partial charge on any atom is -0.348 e. The third-order valence-electron chi connectivity index (χ3n) is 7.31. The highest BCUT2D eigenvalue weighted by Gasteiger charge is 2.26. The van der Waals surface area contributed by atoms with Gasteiger partial charge in [-0.25, -0.2) is 4.98 Å². The number of likely N-dealkylation sites (tertiary alicyclic amines) is 1. The number of halogens is 1. The van der Waals surface area contributed by atoms with E-state index in [1.54, 1.807) is 23.8 Å². The smallest absolute Gasteiger partial charge is 0.211 e. The van der Waals surface area contributed by atoms with Crippen molar-refractivity contribution in [3.05, 3.63) is 53.8 Å². The summed E-state index contributed by atoms with van der Waals surface area (Å²) in [5.41, 5.74) is 5.23. The highest BCUT2D eigenvalue weighted by molar-refractivity contribution is 7.79. The fourth-order valence-electron chi connectivity index (χ4n) is 5.26. The van der Waals surface area contributed by atoms with E-state index < -0.39 is 0 Å². The number of carbonyl (C=O) groups is 1. The quantitative estimate of drug-likeness (QED) is 0.141. The molecule has 3 aromatic heterocycles. The van der Waals surface area contributed by atoms with Crippen molar-refractivity contribution in [2.45, 2.75) is 32.6 Å². The molecule has 0 saturated carbocycles. The number of hydrogen-bond donors (Lipinski definition) is 3. The fourth-order valence-corrected chi connectivity index (χ4v) is 5.95. The molecular formula is C29H37FN8OS2. The zero-order valence-electron chi connectivity index (χ0n) is 23.5. The predicted molar refractivity (Wildman–Crippen MR) is 170 cm³/mol. The zero-order valence-corrected chi connectivity index (χ0v) is 25.2. The molecule has 0 atom stereocenters. The zero-order chi connectivity index (χ0) is 29.0. The molecule has 1 amide bonds. The second kappa shape index (κ2) is 15.6. The molecule has 0 unspecified atom stereocenters. The molecule has 2 N–H and O–H groups in total. The third kappa shape index (κ3) is 8.11. The van der Waals surface area contributed by atoms with Crippen LogP contribution in [0.3, 0.4) is 0 Å². The van der Waals surface area contributed by atoms with Crippen LogP contribution in [0.15, 0.2) is 53.3 Å². The molecule has 4 aromatic rings. The van der Waals surface area contributed by atoms with Gasteiger partial charge >= 0.3 is 0 Å². The minimum atomic E-state index is 0.303. The Labute approximate surface area is 249 Å². The summed E-state index contributed by atoms with van der Waals surface area (Å²) < 4.78 is 13.0. The van der Waals surface area contributed by atoms with Gasteiger partial charge in [0.1, 0.15) is 5.69 Å². The lowest BCUT2D eigenvalue weighted by molar-refractivity contribution is -0.105. The van der Waals surface area contributed by atoms with Crippen LogP contribution in [0, 0.1) is 12.8 Å². The van der Waals surface area contributed by atoms with Gasteiger partial charge in [0.15, 0.2) is 5.13 Å². The number of aryl methyl sites for hydroxylation is 1. The molecule has 41 heavy (non-hydrogen) atoms. The summed E-state index contributed by atoms with van der Waals surface area (Å²) in [4.78, 5) is 23.7. The van der Waals surface area contributed by atoms with Gasteiger partial charge in [-0.1, -0.05) is 9.70 Å². The van der Waals surface area contributed by atoms with E-state index in [0.29, 0.717) is 12.3 Å². The van der Waals surface area contributed by atoms with E-state index in [9.17, 15) is 9.28 Å². The second-order valence-electron chi connectivity index (χ2n) is 9.92. The molecule has 0 radical (unpaired) electrons. The van der Waals surface area contributed by atoms with E-state index >= 15 is 0 Å². The molecule has 5 heterocycles. The Morgan fingerprint density at radius 2 is 1.93 bits per heavy atom. The van der Waals surface area contributed by atoms with Gasteiger partial charge in [0, 0.05) is 65.7 Å². The first kappa shape index (κ1) is 30.6. The molecule has 2 saturated heterocycles. The Morgan fingerprint density at radius 3 is 2.59 bits per heavy atom. The number of rotatable bonds is 7. The first-order valence-corrected chi connectivity index (χ1v) is 15.5.